The van der Waals surface area contributed by atoms with Gasteiger partial charge in [0, 0.05) is 18.7 Å². The van der Waals surface area contributed by atoms with Gasteiger partial charge in [0.2, 0.25) is 0 Å². The van der Waals surface area contributed by atoms with Gasteiger partial charge in [-0.1, -0.05) is 0 Å². The molecule has 0 unspecified atom stereocenters. The van der Waals surface area contributed by atoms with Crippen LogP contribution in [-0.4, -0.2) is 23.4 Å². The molecule has 0 heterocycles. The summed E-state index contributed by atoms with van der Waals surface area (Å²) in [7, 11) is 0. The summed E-state index contributed by atoms with van der Waals surface area (Å²) in [6.45, 7) is 1.83. The topological polar surface area (TPSA) is 98.3 Å². The van der Waals surface area contributed by atoms with Crippen molar-refractivity contribution >= 4 is 24.0 Å². The van der Waals surface area contributed by atoms with E-state index in [0.717, 1.165) is 18.2 Å². The largest absolute Gasteiger partial charge is 0.348 e. The summed E-state index contributed by atoms with van der Waals surface area (Å²) in [4.78, 5) is 21.6. The number of hydrogen-bond acceptors (Lipinski definition) is 4. The molecule has 0 saturated carbocycles. The first-order valence-corrected chi connectivity index (χ1v) is 4.90. The van der Waals surface area contributed by atoms with Crippen molar-refractivity contribution in [3.63, 3.8) is 0 Å². The van der Waals surface area contributed by atoms with E-state index in [1.54, 1.807) is 6.92 Å². The quantitative estimate of drug-likeness (QED) is 0.639. The Kier molecular flexibility index (Phi) is 6.21. The zero-order valence-electron chi connectivity index (χ0n) is 9.55. The van der Waals surface area contributed by atoms with Crippen LogP contribution in [0.2, 0.25) is 0 Å². The predicted molar refractivity (Wildman–Crippen MR) is 66.3 cm³/mol. The number of benzene rings is 1. The van der Waals surface area contributed by atoms with Crippen LogP contribution in [0.3, 0.4) is 0 Å². The van der Waals surface area contributed by atoms with Gasteiger partial charge in [0.1, 0.15) is 11.4 Å². The molecule has 0 fully saturated rings. The molecular weight excluding hydrogens is 265 g/mol. The first-order chi connectivity index (χ1) is 7.95. The standard InChI is InChI=1S/C10H12FN3O3.ClH/c1-6(5-12)13-10(15)8-4-7(11)2-3-9(8)14(16)17;/h2-4,6H,5,12H2,1H3,(H,13,15);1H/t6-;/m0./s1. The molecule has 0 bridgehead atoms. The van der Waals surface area contributed by atoms with Crippen LogP contribution in [-0.2, 0) is 0 Å². The maximum atomic E-state index is 13.0. The van der Waals surface area contributed by atoms with E-state index in [1.807, 2.05) is 0 Å². The Bertz CT molecular complexity index is 456. The Morgan fingerprint density at radius 2 is 2.22 bits per heavy atom. The smallest absolute Gasteiger partial charge is 0.282 e. The number of halogens is 2. The molecule has 0 aromatic heterocycles. The number of amides is 1. The summed E-state index contributed by atoms with van der Waals surface area (Å²) in [6, 6.07) is 2.38. The van der Waals surface area contributed by atoms with Gasteiger partial charge < -0.3 is 11.1 Å². The second-order valence-electron chi connectivity index (χ2n) is 3.53. The van der Waals surface area contributed by atoms with E-state index >= 15 is 0 Å². The van der Waals surface area contributed by atoms with Crippen molar-refractivity contribution in [2.75, 3.05) is 6.54 Å². The highest BCUT2D eigenvalue weighted by Gasteiger charge is 2.21. The van der Waals surface area contributed by atoms with Crippen molar-refractivity contribution in [3.05, 3.63) is 39.7 Å². The number of hydrogen-bond donors (Lipinski definition) is 2. The lowest BCUT2D eigenvalue weighted by Gasteiger charge is -2.11. The van der Waals surface area contributed by atoms with E-state index < -0.39 is 22.3 Å². The van der Waals surface area contributed by atoms with Crippen LogP contribution in [0.15, 0.2) is 18.2 Å². The highest BCUT2D eigenvalue weighted by Crippen LogP contribution is 2.19. The lowest BCUT2D eigenvalue weighted by molar-refractivity contribution is -0.385. The molecule has 8 heteroatoms. The fraction of sp³-hybridized carbons (Fsp3) is 0.300. The van der Waals surface area contributed by atoms with Gasteiger partial charge >= 0.3 is 0 Å². The Morgan fingerprint density at radius 3 is 2.72 bits per heavy atom. The average Bonchev–Trinajstić information content (AvgIpc) is 2.28. The molecule has 1 atom stereocenters. The maximum Gasteiger partial charge on any atom is 0.282 e. The van der Waals surface area contributed by atoms with Gasteiger partial charge in [-0.25, -0.2) is 4.39 Å². The molecule has 0 aliphatic rings. The van der Waals surface area contributed by atoms with Gasteiger partial charge in [0.25, 0.3) is 11.6 Å². The highest BCUT2D eigenvalue weighted by molar-refractivity contribution is 5.98. The number of rotatable bonds is 4. The lowest BCUT2D eigenvalue weighted by atomic mass is 10.1. The predicted octanol–water partition coefficient (Wildman–Crippen LogP) is 1.23. The molecule has 6 nitrogen and oxygen atoms in total. The molecule has 0 spiro atoms. The number of carbonyl (C=O) groups excluding carboxylic acids is 1. The lowest BCUT2D eigenvalue weighted by Crippen LogP contribution is -2.38. The van der Waals surface area contributed by atoms with Crippen LogP contribution in [0.5, 0.6) is 0 Å². The second-order valence-corrected chi connectivity index (χ2v) is 3.53. The third kappa shape index (κ3) is 3.94. The van der Waals surface area contributed by atoms with Gasteiger partial charge in [-0.2, -0.15) is 0 Å². The van der Waals surface area contributed by atoms with Crippen molar-refractivity contribution < 1.29 is 14.1 Å². The summed E-state index contributed by atoms with van der Waals surface area (Å²) in [5.41, 5.74) is 4.56. The number of nitrogens with two attached hydrogens (primary N) is 1. The molecule has 0 aliphatic heterocycles. The zero-order valence-corrected chi connectivity index (χ0v) is 10.4. The second kappa shape index (κ2) is 6.87. The van der Waals surface area contributed by atoms with Crippen molar-refractivity contribution in [1.29, 1.82) is 0 Å². The molecule has 0 aliphatic carbocycles. The Hall–Kier alpha value is -1.73. The summed E-state index contributed by atoms with van der Waals surface area (Å²) in [5, 5.41) is 13.1. The summed E-state index contributed by atoms with van der Waals surface area (Å²) >= 11 is 0. The van der Waals surface area contributed by atoms with Gasteiger partial charge in [-0.3, -0.25) is 14.9 Å². The number of nitrogens with one attached hydrogen (secondary N) is 1. The SMILES string of the molecule is C[C@@H](CN)NC(=O)c1cc(F)ccc1[N+](=O)[O-].Cl. The van der Waals surface area contributed by atoms with Crippen LogP contribution in [0, 0.1) is 15.9 Å². The van der Waals surface area contributed by atoms with Gasteiger partial charge in [-0.15, -0.1) is 12.4 Å². The van der Waals surface area contributed by atoms with E-state index in [2.05, 4.69) is 5.32 Å². The highest BCUT2D eigenvalue weighted by atomic mass is 35.5. The van der Waals surface area contributed by atoms with Gasteiger partial charge in [0.15, 0.2) is 0 Å². The summed E-state index contributed by atoms with van der Waals surface area (Å²) < 4.78 is 13.0. The first-order valence-electron chi connectivity index (χ1n) is 4.90. The zero-order chi connectivity index (χ0) is 13.0. The number of carbonyl (C=O) groups is 1. The molecule has 1 rings (SSSR count). The fourth-order valence-corrected chi connectivity index (χ4v) is 1.21. The van der Waals surface area contributed by atoms with Crippen LogP contribution in [0.4, 0.5) is 10.1 Å². The Morgan fingerprint density at radius 1 is 1.61 bits per heavy atom. The fourth-order valence-electron chi connectivity index (χ4n) is 1.21. The molecule has 0 radical (unpaired) electrons. The molecule has 100 valence electrons. The van der Waals surface area contributed by atoms with E-state index in [4.69, 9.17) is 5.73 Å². The minimum atomic E-state index is -0.735. The van der Waals surface area contributed by atoms with Crippen molar-refractivity contribution in [2.24, 2.45) is 5.73 Å². The average molecular weight is 278 g/mol. The van der Waals surface area contributed by atoms with Crippen molar-refractivity contribution in [2.45, 2.75) is 13.0 Å². The maximum absolute atomic E-state index is 13.0. The Labute approximate surface area is 109 Å². The van der Waals surface area contributed by atoms with Gasteiger partial charge in [-0.05, 0) is 19.1 Å². The third-order valence-electron chi connectivity index (χ3n) is 2.13. The minimum absolute atomic E-state index is 0. The number of nitro benzene ring substituents is 1. The van der Waals surface area contributed by atoms with E-state index in [1.165, 1.54) is 0 Å². The first kappa shape index (κ1) is 16.3. The third-order valence-corrected chi connectivity index (χ3v) is 2.13. The molecular formula is C10H13ClFN3O3. The molecule has 0 saturated heterocycles. The molecule has 1 amide bonds. The van der Waals surface area contributed by atoms with E-state index in [9.17, 15) is 19.3 Å². The van der Waals surface area contributed by atoms with E-state index in [-0.39, 0.29) is 30.6 Å². The number of nitrogens with zero attached hydrogens (tertiary/aromatic N) is 1. The van der Waals surface area contributed by atoms with E-state index in [0.29, 0.717) is 0 Å². The van der Waals surface area contributed by atoms with Crippen LogP contribution in [0.1, 0.15) is 17.3 Å². The normalized spacial score (nSPS) is 11.3. The molecule has 3 N–H and O–H groups in total. The summed E-state index contributed by atoms with van der Waals surface area (Å²) in [5.74, 6) is -1.42. The van der Waals surface area contributed by atoms with Crippen molar-refractivity contribution in [3.8, 4) is 0 Å². The molecule has 18 heavy (non-hydrogen) atoms. The van der Waals surface area contributed by atoms with Crippen LogP contribution >= 0.6 is 12.4 Å². The summed E-state index contributed by atoms with van der Waals surface area (Å²) in [6.07, 6.45) is 0. The van der Waals surface area contributed by atoms with Gasteiger partial charge in [0.05, 0.1) is 4.92 Å². The monoisotopic (exact) mass is 277 g/mol. The van der Waals surface area contributed by atoms with Crippen molar-refractivity contribution in [1.82, 2.24) is 5.32 Å². The molecule has 1 aromatic rings. The minimum Gasteiger partial charge on any atom is -0.348 e. The number of nitro groups is 1. The van der Waals surface area contributed by atoms with Crippen LogP contribution < -0.4 is 11.1 Å². The molecule has 1 aromatic carbocycles. The Balaban J connectivity index is 0.00000289. The van der Waals surface area contributed by atoms with Crippen LogP contribution in [0.25, 0.3) is 0 Å².